The first-order valence-corrected chi connectivity index (χ1v) is 6.32. The number of methoxy groups -OCH3 is 1. The van der Waals surface area contributed by atoms with Crippen LogP contribution in [0.5, 0.6) is 5.75 Å². The highest BCUT2D eigenvalue weighted by Crippen LogP contribution is 2.17. The number of nitrogens with one attached hydrogen (secondary N) is 1. The fourth-order valence-electron chi connectivity index (χ4n) is 1.96. The Hall–Kier alpha value is -1.78. The van der Waals surface area contributed by atoms with E-state index in [1.165, 1.54) is 5.56 Å². The van der Waals surface area contributed by atoms with E-state index >= 15 is 0 Å². The number of ether oxygens (including phenoxy) is 1. The minimum atomic E-state index is -0.505. The fraction of sp³-hybridized carbons (Fsp3) is 0.333. The van der Waals surface area contributed by atoms with Crippen molar-refractivity contribution in [1.29, 1.82) is 0 Å². The number of rotatable bonds is 6. The third-order valence-corrected chi connectivity index (χ3v) is 3.06. The van der Waals surface area contributed by atoms with E-state index in [2.05, 4.69) is 17.6 Å². The first kappa shape index (κ1) is 13.6. The molecule has 4 nitrogen and oxygen atoms in total. The van der Waals surface area contributed by atoms with E-state index in [1.807, 2.05) is 42.1 Å². The molecule has 0 aliphatic carbocycles. The molecule has 0 amide bonds. The maximum absolute atomic E-state index is 10.1. The maximum Gasteiger partial charge on any atom is 0.118 e. The number of benzene rings is 1. The van der Waals surface area contributed by atoms with E-state index in [1.54, 1.807) is 7.11 Å². The van der Waals surface area contributed by atoms with Crippen LogP contribution >= 0.6 is 0 Å². The van der Waals surface area contributed by atoms with E-state index in [0.29, 0.717) is 6.54 Å². The van der Waals surface area contributed by atoms with Gasteiger partial charge in [-0.25, -0.2) is 0 Å². The summed E-state index contributed by atoms with van der Waals surface area (Å²) < 4.78 is 7.10. The summed E-state index contributed by atoms with van der Waals surface area (Å²) in [6.07, 6.45) is 3.57. The second-order valence-corrected chi connectivity index (χ2v) is 4.61. The highest BCUT2D eigenvalue weighted by Gasteiger charge is 2.07. The van der Waals surface area contributed by atoms with Crippen LogP contribution in [0.4, 0.5) is 0 Å². The van der Waals surface area contributed by atoms with Gasteiger partial charge in [0.1, 0.15) is 5.75 Å². The molecule has 102 valence electrons. The largest absolute Gasteiger partial charge is 0.497 e. The first-order chi connectivity index (χ1) is 9.19. The van der Waals surface area contributed by atoms with Crippen LogP contribution < -0.4 is 10.1 Å². The Bertz CT molecular complexity index is 505. The highest BCUT2D eigenvalue weighted by atomic mass is 16.5. The zero-order chi connectivity index (χ0) is 13.7. The van der Waals surface area contributed by atoms with Gasteiger partial charge in [-0.2, -0.15) is 0 Å². The molecule has 4 heteroatoms. The van der Waals surface area contributed by atoms with Gasteiger partial charge in [0.15, 0.2) is 0 Å². The molecule has 0 aliphatic rings. The van der Waals surface area contributed by atoms with Gasteiger partial charge in [-0.05, 0) is 29.3 Å². The summed E-state index contributed by atoms with van der Waals surface area (Å²) in [7, 11) is 3.63. The lowest BCUT2D eigenvalue weighted by Gasteiger charge is -2.12. The zero-order valence-corrected chi connectivity index (χ0v) is 11.3. The molecule has 19 heavy (non-hydrogen) atoms. The van der Waals surface area contributed by atoms with E-state index in [-0.39, 0.29) is 0 Å². The minimum absolute atomic E-state index is 0.505. The number of hydrogen-bond acceptors (Lipinski definition) is 3. The molecule has 0 saturated heterocycles. The second-order valence-electron chi connectivity index (χ2n) is 4.61. The third kappa shape index (κ3) is 3.84. The topological polar surface area (TPSA) is 46.4 Å². The van der Waals surface area contributed by atoms with Crippen LogP contribution in [0.3, 0.4) is 0 Å². The van der Waals surface area contributed by atoms with Crippen molar-refractivity contribution in [2.45, 2.75) is 12.6 Å². The van der Waals surface area contributed by atoms with Crippen LogP contribution in [-0.4, -0.2) is 23.3 Å². The van der Waals surface area contributed by atoms with Crippen molar-refractivity contribution < 1.29 is 9.84 Å². The average molecular weight is 260 g/mol. The van der Waals surface area contributed by atoms with Crippen LogP contribution in [-0.2, 0) is 13.6 Å². The molecule has 2 rings (SSSR count). The molecule has 0 spiro atoms. The summed E-state index contributed by atoms with van der Waals surface area (Å²) in [5.41, 5.74) is 2.10. The van der Waals surface area contributed by atoms with Gasteiger partial charge in [-0.15, -0.1) is 0 Å². The second kappa shape index (κ2) is 6.41. The number of aliphatic hydroxyl groups is 1. The zero-order valence-electron chi connectivity index (χ0n) is 11.3. The molecule has 2 aromatic rings. The van der Waals surface area contributed by atoms with Crippen molar-refractivity contribution in [3.63, 3.8) is 0 Å². The monoisotopic (exact) mass is 260 g/mol. The van der Waals surface area contributed by atoms with Crippen LogP contribution in [0.15, 0.2) is 42.7 Å². The molecule has 0 radical (unpaired) electrons. The normalized spacial score (nSPS) is 12.4. The number of nitrogens with zero attached hydrogens (tertiary/aromatic N) is 1. The van der Waals surface area contributed by atoms with E-state index in [4.69, 9.17) is 4.74 Å². The molecule has 0 saturated carbocycles. The molecule has 1 aromatic carbocycles. The maximum atomic E-state index is 10.1. The molecular weight excluding hydrogens is 240 g/mol. The summed E-state index contributed by atoms with van der Waals surface area (Å²) >= 11 is 0. The summed E-state index contributed by atoms with van der Waals surface area (Å²) in [6, 6.07) is 9.54. The molecule has 1 heterocycles. The standard InChI is InChI=1S/C15H20N2O2/c1-17-8-7-12(11-17)9-16-10-15(18)13-3-5-14(19-2)6-4-13/h3-8,11,15-16,18H,9-10H2,1-2H3. The van der Waals surface area contributed by atoms with Crippen molar-refractivity contribution in [2.75, 3.05) is 13.7 Å². The Labute approximate surface area is 113 Å². The Morgan fingerprint density at radius 1 is 1.26 bits per heavy atom. The Morgan fingerprint density at radius 2 is 2.00 bits per heavy atom. The van der Waals surface area contributed by atoms with Gasteiger partial charge in [-0.1, -0.05) is 12.1 Å². The fourth-order valence-corrected chi connectivity index (χ4v) is 1.96. The number of aryl methyl sites for hydroxylation is 1. The lowest BCUT2D eigenvalue weighted by molar-refractivity contribution is 0.174. The van der Waals surface area contributed by atoms with Gasteiger partial charge in [-0.3, -0.25) is 0 Å². The van der Waals surface area contributed by atoms with Crippen LogP contribution in [0.25, 0.3) is 0 Å². The molecule has 0 aliphatic heterocycles. The lowest BCUT2D eigenvalue weighted by atomic mass is 10.1. The quantitative estimate of drug-likeness (QED) is 0.833. The van der Waals surface area contributed by atoms with Gasteiger partial charge in [0.2, 0.25) is 0 Å². The SMILES string of the molecule is COc1ccc(C(O)CNCc2ccn(C)c2)cc1. The Kier molecular flexibility index (Phi) is 4.60. The van der Waals surface area contributed by atoms with Crippen LogP contribution in [0.1, 0.15) is 17.2 Å². The summed E-state index contributed by atoms with van der Waals surface area (Å²) in [5.74, 6) is 0.799. The van der Waals surface area contributed by atoms with Gasteiger partial charge >= 0.3 is 0 Å². The lowest BCUT2D eigenvalue weighted by Crippen LogP contribution is -2.20. The molecule has 1 aromatic heterocycles. The molecular formula is C15H20N2O2. The predicted octanol–water partition coefficient (Wildman–Crippen LogP) is 1.86. The molecule has 1 atom stereocenters. The van der Waals surface area contributed by atoms with Gasteiger partial charge in [0.05, 0.1) is 13.2 Å². The van der Waals surface area contributed by atoms with Crippen molar-refractivity contribution in [2.24, 2.45) is 7.05 Å². The highest BCUT2D eigenvalue weighted by molar-refractivity contribution is 5.28. The minimum Gasteiger partial charge on any atom is -0.497 e. The van der Waals surface area contributed by atoms with Gasteiger partial charge in [0, 0.05) is 32.5 Å². The molecule has 0 bridgehead atoms. The van der Waals surface area contributed by atoms with Gasteiger partial charge < -0.3 is 19.7 Å². The van der Waals surface area contributed by atoms with Crippen molar-refractivity contribution in [3.8, 4) is 5.75 Å². The molecule has 0 fully saturated rings. The summed E-state index contributed by atoms with van der Waals surface area (Å²) in [4.78, 5) is 0. The van der Waals surface area contributed by atoms with E-state index in [0.717, 1.165) is 17.9 Å². The summed E-state index contributed by atoms with van der Waals surface area (Å²) in [6.45, 7) is 1.29. The Morgan fingerprint density at radius 3 is 2.58 bits per heavy atom. The number of aliphatic hydroxyl groups excluding tert-OH is 1. The van der Waals surface area contributed by atoms with Crippen molar-refractivity contribution in [3.05, 3.63) is 53.9 Å². The Balaban J connectivity index is 1.81. The van der Waals surface area contributed by atoms with Gasteiger partial charge in [0.25, 0.3) is 0 Å². The van der Waals surface area contributed by atoms with E-state index in [9.17, 15) is 5.11 Å². The molecule has 2 N–H and O–H groups in total. The average Bonchev–Trinajstić information content (AvgIpc) is 2.84. The van der Waals surface area contributed by atoms with Crippen molar-refractivity contribution in [1.82, 2.24) is 9.88 Å². The van der Waals surface area contributed by atoms with Crippen LogP contribution in [0.2, 0.25) is 0 Å². The molecule has 1 unspecified atom stereocenters. The van der Waals surface area contributed by atoms with E-state index < -0.39 is 6.10 Å². The predicted molar refractivity (Wildman–Crippen MR) is 75.1 cm³/mol. The number of aromatic nitrogens is 1. The number of hydrogen-bond donors (Lipinski definition) is 2. The van der Waals surface area contributed by atoms with Crippen molar-refractivity contribution >= 4 is 0 Å². The third-order valence-electron chi connectivity index (χ3n) is 3.06. The van der Waals surface area contributed by atoms with Crippen LogP contribution in [0, 0.1) is 0 Å². The summed E-state index contributed by atoms with van der Waals surface area (Å²) in [5, 5.41) is 13.3. The first-order valence-electron chi connectivity index (χ1n) is 6.32. The smallest absolute Gasteiger partial charge is 0.118 e.